The van der Waals surface area contributed by atoms with E-state index < -0.39 is 10.9 Å². The first kappa shape index (κ1) is 15.7. The number of aldehydes is 1. The van der Waals surface area contributed by atoms with Gasteiger partial charge in [0.2, 0.25) is 0 Å². The molecule has 22 heavy (non-hydrogen) atoms. The zero-order valence-corrected chi connectivity index (χ0v) is 12.1. The van der Waals surface area contributed by atoms with E-state index in [2.05, 4.69) is 0 Å². The predicted molar refractivity (Wildman–Crippen MR) is 81.3 cm³/mol. The summed E-state index contributed by atoms with van der Waals surface area (Å²) in [7, 11) is 0. The molecule has 0 aromatic heterocycles. The molecule has 2 aromatic rings. The van der Waals surface area contributed by atoms with E-state index in [9.17, 15) is 19.7 Å². The number of benzene rings is 2. The Hall–Kier alpha value is -2.67. The molecule has 6 nitrogen and oxygen atoms in total. The van der Waals surface area contributed by atoms with Crippen molar-refractivity contribution in [3.63, 3.8) is 0 Å². The summed E-state index contributed by atoms with van der Waals surface area (Å²) in [6.07, 6.45) is 0.690. The lowest BCUT2D eigenvalue weighted by Gasteiger charge is -2.05. The van der Waals surface area contributed by atoms with Crippen molar-refractivity contribution in [1.29, 1.82) is 0 Å². The fourth-order valence-electron chi connectivity index (χ4n) is 1.64. The Morgan fingerprint density at radius 2 is 1.86 bits per heavy atom. The third kappa shape index (κ3) is 4.16. The summed E-state index contributed by atoms with van der Waals surface area (Å²) < 4.78 is 5.09. The molecule has 0 N–H and O–H groups in total. The quantitative estimate of drug-likeness (QED) is 0.203. The molecule has 0 fully saturated rings. The van der Waals surface area contributed by atoms with Gasteiger partial charge in [0, 0.05) is 11.6 Å². The van der Waals surface area contributed by atoms with E-state index in [-0.39, 0.29) is 11.4 Å². The Kier molecular flexibility index (Phi) is 5.26. The Morgan fingerprint density at radius 3 is 2.50 bits per heavy atom. The highest BCUT2D eigenvalue weighted by atomic mass is 32.2. The van der Waals surface area contributed by atoms with Gasteiger partial charge in [0.25, 0.3) is 5.69 Å². The molecular weight excluding hydrogens is 306 g/mol. The van der Waals surface area contributed by atoms with Gasteiger partial charge in [-0.3, -0.25) is 19.7 Å². The third-order valence-corrected chi connectivity index (χ3v) is 3.69. The number of ether oxygens (including phenoxy) is 1. The number of para-hydroxylation sites is 1. The van der Waals surface area contributed by atoms with Crippen LogP contribution >= 0.6 is 11.8 Å². The number of nitro groups is 1. The van der Waals surface area contributed by atoms with Gasteiger partial charge in [-0.15, -0.1) is 11.8 Å². The number of nitro benzene ring substituents is 1. The van der Waals surface area contributed by atoms with Crippen LogP contribution in [0.2, 0.25) is 0 Å². The van der Waals surface area contributed by atoms with Crippen molar-refractivity contribution in [3.8, 4) is 5.75 Å². The molecule has 0 unspecified atom stereocenters. The molecule has 0 amide bonds. The predicted octanol–water partition coefficient (Wildman–Crippen LogP) is 3.11. The molecule has 7 heteroatoms. The van der Waals surface area contributed by atoms with Crippen LogP contribution < -0.4 is 4.74 Å². The van der Waals surface area contributed by atoms with Crippen LogP contribution in [0.25, 0.3) is 0 Å². The van der Waals surface area contributed by atoms with Crippen LogP contribution in [-0.4, -0.2) is 22.9 Å². The van der Waals surface area contributed by atoms with Crippen LogP contribution in [0.5, 0.6) is 5.75 Å². The summed E-state index contributed by atoms with van der Waals surface area (Å²) in [5.74, 6) is -0.263. The van der Waals surface area contributed by atoms with Gasteiger partial charge < -0.3 is 4.74 Å². The minimum absolute atomic E-state index is 0.0457. The minimum atomic E-state index is -0.526. The van der Waals surface area contributed by atoms with Gasteiger partial charge in [0.1, 0.15) is 12.0 Å². The van der Waals surface area contributed by atoms with Crippen LogP contribution in [0.4, 0.5) is 5.69 Å². The average Bonchev–Trinajstić information content (AvgIpc) is 2.54. The number of esters is 1. The Labute approximate surface area is 130 Å². The largest absolute Gasteiger partial charge is 0.426 e. The molecule has 0 atom stereocenters. The number of thioether (sulfide) groups is 1. The first-order chi connectivity index (χ1) is 10.6. The standard InChI is InChI=1S/C15H11NO5S/c17-9-11-5-7-12(8-6-11)21-15(18)10-22-14-4-2-1-3-13(14)16(19)20/h1-9H,10H2. The Balaban J connectivity index is 1.95. The SMILES string of the molecule is O=Cc1ccc(OC(=O)CSc2ccccc2[N+](=O)[O-])cc1. The molecule has 0 aliphatic heterocycles. The molecule has 2 rings (SSSR count). The second kappa shape index (κ2) is 7.37. The van der Waals surface area contributed by atoms with E-state index >= 15 is 0 Å². The highest BCUT2D eigenvalue weighted by Gasteiger charge is 2.15. The maximum atomic E-state index is 11.7. The van der Waals surface area contributed by atoms with Gasteiger partial charge in [0.05, 0.1) is 15.6 Å². The third-order valence-electron chi connectivity index (χ3n) is 2.66. The molecule has 112 valence electrons. The second-order valence-electron chi connectivity index (χ2n) is 4.17. The molecule has 0 radical (unpaired) electrons. The summed E-state index contributed by atoms with van der Waals surface area (Å²) in [5, 5.41) is 10.9. The fourth-order valence-corrected chi connectivity index (χ4v) is 2.44. The summed E-state index contributed by atoms with van der Waals surface area (Å²) in [5.41, 5.74) is 0.435. The molecule has 0 aliphatic rings. The van der Waals surface area contributed by atoms with Crippen molar-refractivity contribution in [1.82, 2.24) is 0 Å². The highest BCUT2D eigenvalue weighted by molar-refractivity contribution is 8.00. The zero-order valence-electron chi connectivity index (χ0n) is 11.3. The highest BCUT2D eigenvalue weighted by Crippen LogP contribution is 2.28. The fraction of sp³-hybridized carbons (Fsp3) is 0.0667. The number of hydrogen-bond donors (Lipinski definition) is 0. The normalized spacial score (nSPS) is 10.0. The minimum Gasteiger partial charge on any atom is -0.426 e. The van der Waals surface area contributed by atoms with Crippen LogP contribution in [0.3, 0.4) is 0 Å². The topological polar surface area (TPSA) is 86.5 Å². The number of carbonyl (C=O) groups is 2. The lowest BCUT2D eigenvalue weighted by atomic mass is 10.2. The molecule has 0 saturated carbocycles. The van der Waals surface area contributed by atoms with Crippen molar-refractivity contribution in [2.24, 2.45) is 0 Å². The van der Waals surface area contributed by atoms with Gasteiger partial charge in [-0.25, -0.2) is 0 Å². The number of rotatable bonds is 6. The Bertz CT molecular complexity index is 699. The second-order valence-corrected chi connectivity index (χ2v) is 5.19. The lowest BCUT2D eigenvalue weighted by molar-refractivity contribution is -0.387. The van der Waals surface area contributed by atoms with Gasteiger partial charge in [-0.2, -0.15) is 0 Å². The van der Waals surface area contributed by atoms with E-state index in [4.69, 9.17) is 4.74 Å². The summed E-state index contributed by atoms with van der Waals surface area (Å²) in [4.78, 5) is 33.0. The van der Waals surface area contributed by atoms with E-state index in [1.54, 1.807) is 18.2 Å². The molecule has 2 aromatic carbocycles. The summed E-state index contributed by atoms with van der Waals surface area (Å²) >= 11 is 1.04. The maximum absolute atomic E-state index is 11.7. The molecule has 0 spiro atoms. The van der Waals surface area contributed by atoms with Gasteiger partial charge in [-0.1, -0.05) is 12.1 Å². The van der Waals surface area contributed by atoms with Crippen molar-refractivity contribution in [3.05, 3.63) is 64.2 Å². The van der Waals surface area contributed by atoms with Crippen LogP contribution in [0.1, 0.15) is 10.4 Å². The van der Waals surface area contributed by atoms with Crippen molar-refractivity contribution < 1.29 is 19.2 Å². The van der Waals surface area contributed by atoms with Crippen LogP contribution in [-0.2, 0) is 4.79 Å². The van der Waals surface area contributed by atoms with E-state index in [1.165, 1.54) is 30.3 Å². The van der Waals surface area contributed by atoms with E-state index in [1.807, 2.05) is 0 Å². The Morgan fingerprint density at radius 1 is 1.18 bits per heavy atom. The van der Waals surface area contributed by atoms with Crippen molar-refractivity contribution in [2.75, 3.05) is 5.75 Å². The van der Waals surface area contributed by atoms with E-state index in [0.29, 0.717) is 22.5 Å². The number of carbonyl (C=O) groups excluding carboxylic acids is 2. The number of hydrogen-bond acceptors (Lipinski definition) is 6. The summed E-state index contributed by atoms with van der Waals surface area (Å²) in [6, 6.07) is 12.3. The van der Waals surface area contributed by atoms with E-state index in [0.717, 1.165) is 11.8 Å². The zero-order chi connectivity index (χ0) is 15.9. The van der Waals surface area contributed by atoms with Crippen molar-refractivity contribution >= 4 is 29.7 Å². The molecule has 0 heterocycles. The average molecular weight is 317 g/mol. The monoisotopic (exact) mass is 317 g/mol. The number of nitrogens with zero attached hydrogens (tertiary/aromatic N) is 1. The molecule has 0 aliphatic carbocycles. The van der Waals surface area contributed by atoms with Crippen LogP contribution in [0.15, 0.2) is 53.4 Å². The molecule has 0 bridgehead atoms. The first-order valence-electron chi connectivity index (χ1n) is 6.22. The maximum Gasteiger partial charge on any atom is 0.321 e. The smallest absolute Gasteiger partial charge is 0.321 e. The molecular formula is C15H11NO5S. The van der Waals surface area contributed by atoms with Gasteiger partial charge >= 0.3 is 5.97 Å². The molecule has 0 saturated heterocycles. The van der Waals surface area contributed by atoms with Gasteiger partial charge in [0.15, 0.2) is 0 Å². The first-order valence-corrected chi connectivity index (χ1v) is 7.21. The lowest BCUT2D eigenvalue weighted by Crippen LogP contribution is -2.10. The van der Waals surface area contributed by atoms with Crippen molar-refractivity contribution in [2.45, 2.75) is 4.90 Å². The van der Waals surface area contributed by atoms with Crippen LogP contribution in [0, 0.1) is 10.1 Å². The van der Waals surface area contributed by atoms with Gasteiger partial charge in [-0.05, 0) is 30.3 Å². The summed E-state index contributed by atoms with van der Waals surface area (Å²) in [6.45, 7) is 0.